The lowest BCUT2D eigenvalue weighted by molar-refractivity contribution is -0.113. The van der Waals surface area contributed by atoms with Gasteiger partial charge in [0, 0.05) is 23.5 Å². The molecule has 1 amide bonds. The van der Waals surface area contributed by atoms with E-state index >= 15 is 0 Å². The summed E-state index contributed by atoms with van der Waals surface area (Å²) >= 11 is 2.82. The number of anilines is 1. The third-order valence-electron chi connectivity index (χ3n) is 6.71. The number of carbonyl (C=O) groups excluding carboxylic acids is 1. The third kappa shape index (κ3) is 5.80. The minimum Gasteiger partial charge on any atom is -0.497 e. The van der Waals surface area contributed by atoms with Crippen molar-refractivity contribution in [2.24, 2.45) is 5.92 Å². The van der Waals surface area contributed by atoms with Gasteiger partial charge < -0.3 is 14.8 Å². The van der Waals surface area contributed by atoms with Gasteiger partial charge in [-0.1, -0.05) is 55.9 Å². The zero-order chi connectivity index (χ0) is 26.6. The second-order valence-electron chi connectivity index (χ2n) is 9.63. The number of hydrogen-bond acceptors (Lipinski definition) is 7. The molecule has 1 N–H and O–H groups in total. The van der Waals surface area contributed by atoms with Gasteiger partial charge in [0.15, 0.2) is 5.16 Å². The van der Waals surface area contributed by atoms with Gasteiger partial charge in [-0.2, -0.15) is 0 Å². The summed E-state index contributed by atoms with van der Waals surface area (Å²) in [4.78, 5) is 33.4. The van der Waals surface area contributed by atoms with Gasteiger partial charge in [-0.25, -0.2) is 4.98 Å². The number of amides is 1. The molecule has 2 aromatic carbocycles. The molecular formula is C29H31N3O4S2. The topological polar surface area (TPSA) is 82.5 Å². The van der Waals surface area contributed by atoms with Crippen molar-refractivity contribution in [1.29, 1.82) is 0 Å². The highest BCUT2D eigenvalue weighted by atomic mass is 32.2. The molecule has 3 heterocycles. The van der Waals surface area contributed by atoms with E-state index < -0.39 is 0 Å². The molecule has 7 nitrogen and oxygen atoms in total. The van der Waals surface area contributed by atoms with E-state index in [0.717, 1.165) is 33.0 Å². The average Bonchev–Trinajstić information content (AvgIpc) is 3.30. The molecule has 9 heteroatoms. The van der Waals surface area contributed by atoms with Crippen LogP contribution in [0.15, 0.2) is 64.5 Å². The number of thioether (sulfide) groups is 1. The fourth-order valence-corrected chi connectivity index (χ4v) is 6.55. The molecule has 0 bridgehead atoms. The summed E-state index contributed by atoms with van der Waals surface area (Å²) in [5.74, 6) is 1.06. The van der Waals surface area contributed by atoms with Gasteiger partial charge in [0.2, 0.25) is 5.91 Å². The molecule has 5 rings (SSSR count). The smallest absolute Gasteiger partial charge is 0.263 e. The predicted octanol–water partition coefficient (Wildman–Crippen LogP) is 5.54. The Hall–Kier alpha value is -3.14. The van der Waals surface area contributed by atoms with Crippen molar-refractivity contribution in [3.63, 3.8) is 0 Å². The van der Waals surface area contributed by atoms with Crippen LogP contribution < -0.4 is 15.6 Å². The van der Waals surface area contributed by atoms with Crippen LogP contribution in [-0.2, 0) is 35.5 Å². The fraction of sp³-hybridized carbons (Fsp3) is 0.345. The van der Waals surface area contributed by atoms with Crippen LogP contribution in [0.5, 0.6) is 5.75 Å². The molecule has 0 saturated carbocycles. The minimum atomic E-state index is -0.164. The minimum absolute atomic E-state index is 0.0362. The number of thiophene rings is 1. The Labute approximate surface area is 230 Å². The first kappa shape index (κ1) is 26.5. The van der Waals surface area contributed by atoms with Crippen LogP contribution in [0.4, 0.5) is 5.69 Å². The van der Waals surface area contributed by atoms with E-state index in [2.05, 4.69) is 31.3 Å². The van der Waals surface area contributed by atoms with Gasteiger partial charge in [0.25, 0.3) is 5.56 Å². The second-order valence-corrected chi connectivity index (χ2v) is 11.7. The summed E-state index contributed by atoms with van der Waals surface area (Å²) < 4.78 is 13.0. The summed E-state index contributed by atoms with van der Waals surface area (Å²) in [5.41, 5.74) is 2.88. The molecule has 1 aliphatic heterocycles. The summed E-state index contributed by atoms with van der Waals surface area (Å²) in [6.07, 6.45) is 1.51. The van der Waals surface area contributed by atoms with Crippen LogP contribution in [0.1, 0.15) is 29.9 Å². The lowest BCUT2D eigenvalue weighted by Crippen LogP contribution is -2.29. The van der Waals surface area contributed by atoms with Crippen LogP contribution in [0.3, 0.4) is 0 Å². The molecule has 2 aromatic heterocycles. The molecule has 1 aliphatic rings. The average molecular weight is 550 g/mol. The number of carbonyl (C=O) groups is 1. The zero-order valence-electron chi connectivity index (χ0n) is 21.7. The van der Waals surface area contributed by atoms with Crippen molar-refractivity contribution in [2.45, 2.75) is 51.1 Å². The van der Waals surface area contributed by atoms with Crippen molar-refractivity contribution in [2.75, 3.05) is 18.2 Å². The molecule has 1 atom stereocenters. The van der Waals surface area contributed by atoms with E-state index in [1.54, 1.807) is 35.9 Å². The van der Waals surface area contributed by atoms with Crippen molar-refractivity contribution < 1.29 is 14.3 Å². The highest BCUT2D eigenvalue weighted by molar-refractivity contribution is 7.99. The van der Waals surface area contributed by atoms with Crippen molar-refractivity contribution in [3.05, 3.63) is 81.0 Å². The van der Waals surface area contributed by atoms with Crippen LogP contribution >= 0.6 is 23.1 Å². The lowest BCUT2D eigenvalue weighted by Gasteiger charge is -2.26. The van der Waals surface area contributed by atoms with Crippen molar-refractivity contribution >= 4 is 44.9 Å². The standard InChI is InChI=1S/C29H31N3O4S2/c1-18(2)23-15-22-24(16-36-23)38-27-26(22)28(34)32(14-13-19-7-5-4-6-8-19)29(31-27)37-17-25(33)30-20-9-11-21(35-3)12-10-20/h4-12,18,23H,13-17H2,1-3H3,(H,30,33)/t23-/m1/s1. The Morgan fingerprint density at radius 3 is 2.68 bits per heavy atom. The molecular weight excluding hydrogens is 518 g/mol. The number of aryl methyl sites for hydroxylation is 1. The zero-order valence-corrected chi connectivity index (χ0v) is 23.4. The quantitative estimate of drug-likeness (QED) is 0.218. The summed E-state index contributed by atoms with van der Waals surface area (Å²) in [6.45, 7) is 5.29. The first-order valence-electron chi connectivity index (χ1n) is 12.7. The molecule has 0 radical (unpaired) electrons. The number of rotatable bonds is 9. The van der Waals surface area contributed by atoms with Gasteiger partial charge in [-0.15, -0.1) is 11.3 Å². The van der Waals surface area contributed by atoms with Gasteiger partial charge >= 0.3 is 0 Å². The maximum atomic E-state index is 13.9. The van der Waals surface area contributed by atoms with Crippen LogP contribution in [0.2, 0.25) is 0 Å². The molecule has 0 fully saturated rings. The third-order valence-corrected chi connectivity index (χ3v) is 8.79. The summed E-state index contributed by atoms with van der Waals surface area (Å²) in [5, 5.41) is 4.17. The molecule has 38 heavy (non-hydrogen) atoms. The Bertz CT molecular complexity index is 1480. The van der Waals surface area contributed by atoms with Crippen molar-refractivity contribution in [3.8, 4) is 5.75 Å². The van der Waals surface area contributed by atoms with E-state index in [1.165, 1.54) is 23.1 Å². The number of aromatic nitrogens is 2. The molecule has 4 aromatic rings. The summed E-state index contributed by atoms with van der Waals surface area (Å²) in [6, 6.07) is 17.3. The summed E-state index contributed by atoms with van der Waals surface area (Å²) in [7, 11) is 1.60. The normalized spacial score (nSPS) is 15.0. The number of nitrogens with zero attached hydrogens (tertiary/aromatic N) is 2. The van der Waals surface area contributed by atoms with E-state index in [4.69, 9.17) is 14.5 Å². The maximum Gasteiger partial charge on any atom is 0.263 e. The number of benzene rings is 2. The van der Waals surface area contributed by atoms with Crippen LogP contribution in [-0.4, -0.2) is 34.4 Å². The Balaban J connectivity index is 1.43. The predicted molar refractivity (Wildman–Crippen MR) is 153 cm³/mol. The van der Waals surface area contributed by atoms with Gasteiger partial charge in [-0.3, -0.25) is 14.2 Å². The van der Waals surface area contributed by atoms with Gasteiger partial charge in [0.1, 0.15) is 10.6 Å². The first-order valence-corrected chi connectivity index (χ1v) is 14.5. The fourth-order valence-electron chi connectivity index (χ4n) is 4.56. The van der Waals surface area contributed by atoms with Crippen molar-refractivity contribution in [1.82, 2.24) is 9.55 Å². The van der Waals surface area contributed by atoms with E-state index in [0.29, 0.717) is 41.7 Å². The van der Waals surface area contributed by atoms with Gasteiger partial charge in [0.05, 0.1) is 31.0 Å². The lowest BCUT2D eigenvalue weighted by atomic mass is 9.96. The SMILES string of the molecule is COc1ccc(NC(=O)CSc2nc3sc4c(c3c(=O)n2CCc2ccccc2)C[C@H](C(C)C)OC4)cc1. The monoisotopic (exact) mass is 549 g/mol. The first-order chi connectivity index (χ1) is 18.4. The Morgan fingerprint density at radius 2 is 1.97 bits per heavy atom. The number of nitrogens with one attached hydrogen (secondary N) is 1. The van der Waals surface area contributed by atoms with E-state index in [9.17, 15) is 9.59 Å². The number of ether oxygens (including phenoxy) is 2. The number of methoxy groups -OCH3 is 1. The number of fused-ring (bicyclic) bond motifs is 3. The highest BCUT2D eigenvalue weighted by Crippen LogP contribution is 2.36. The molecule has 0 saturated heterocycles. The van der Waals surface area contributed by atoms with E-state index in [-0.39, 0.29) is 23.3 Å². The van der Waals surface area contributed by atoms with Crippen LogP contribution in [0.25, 0.3) is 10.2 Å². The largest absolute Gasteiger partial charge is 0.497 e. The molecule has 0 spiro atoms. The molecule has 0 unspecified atom stereocenters. The van der Waals surface area contributed by atoms with Crippen LogP contribution in [0, 0.1) is 5.92 Å². The number of hydrogen-bond donors (Lipinski definition) is 1. The van der Waals surface area contributed by atoms with Gasteiger partial charge in [-0.05, 0) is 47.7 Å². The Kier molecular flexibility index (Phi) is 8.16. The highest BCUT2D eigenvalue weighted by Gasteiger charge is 2.28. The second kappa shape index (κ2) is 11.7. The molecule has 0 aliphatic carbocycles. The Morgan fingerprint density at radius 1 is 1.21 bits per heavy atom. The molecule has 198 valence electrons. The van der Waals surface area contributed by atoms with E-state index in [1.807, 2.05) is 18.2 Å². The maximum absolute atomic E-state index is 13.9.